The zero-order valence-corrected chi connectivity index (χ0v) is 46.8. The first-order valence-electron chi connectivity index (χ1n) is 25.5. The van der Waals surface area contributed by atoms with Crippen molar-refractivity contribution in [3.05, 3.63) is 73.4 Å². The van der Waals surface area contributed by atoms with Crippen LogP contribution in [0, 0.1) is 23.7 Å². The zero-order valence-electron chi connectivity index (χ0n) is 43.5. The van der Waals surface area contributed by atoms with E-state index in [1.54, 1.807) is 35.9 Å². The quantitative estimate of drug-likeness (QED) is 0.0608. The average Bonchev–Trinajstić information content (AvgIpc) is 4.23. The smallest absolute Gasteiger partial charge is 0.327 e. The van der Waals surface area contributed by atoms with E-state index in [1.807, 2.05) is 17.3 Å². The second-order valence-electron chi connectivity index (χ2n) is 21.2. The Morgan fingerprint density at radius 3 is 1.58 bits per heavy atom. The minimum atomic E-state index is -0.981. The largest absolute Gasteiger partial charge is 0.478 e. The summed E-state index contributed by atoms with van der Waals surface area (Å²) < 4.78 is 13.8. The number of amides is 3. The van der Waals surface area contributed by atoms with Gasteiger partial charge in [-0.25, -0.2) is 24.7 Å². The second-order valence-corrected chi connectivity index (χ2v) is 25.8. The molecule has 0 spiro atoms. The summed E-state index contributed by atoms with van der Waals surface area (Å²) in [4.78, 5) is 71.2. The Morgan fingerprint density at radius 1 is 0.699 bits per heavy atom. The first-order valence-corrected chi connectivity index (χ1v) is 29.1. The highest BCUT2D eigenvalue weighted by atomic mass is 32.2. The van der Waals surface area contributed by atoms with Crippen molar-refractivity contribution in [2.75, 3.05) is 76.1 Å². The lowest BCUT2D eigenvalue weighted by Gasteiger charge is -2.37. The summed E-state index contributed by atoms with van der Waals surface area (Å²) >= 11 is 6.25. The van der Waals surface area contributed by atoms with Crippen molar-refractivity contribution in [3.63, 3.8) is 0 Å². The molecule has 0 aromatic carbocycles. The number of aromatic nitrogens is 4. The number of rotatable bonds is 16. The van der Waals surface area contributed by atoms with E-state index in [0.29, 0.717) is 33.6 Å². The van der Waals surface area contributed by atoms with E-state index in [2.05, 4.69) is 100 Å². The van der Waals surface area contributed by atoms with Gasteiger partial charge >= 0.3 is 5.97 Å². The standard InChI is InChI=1S/C26H37N5O3S2.C23H35N5O2S2.C3H4O2/c1-5-22(32)31-10-6-7-18(16-31)15-30-11-8-19(9-12-30)24(33)29-25-28-14-23(36-25)35-17-21-27-13-20(34-21)26(2,3)4;1-23(2,3)18-12-25-19(30-18)15-31-20-13-26-22(32-20)27-21(29)17-6-9-28(10-7-17)14-16-5-4-8-24-11-16;1-2-3(4)5/h5,13-14,18-19H,1,6-12,15-17H2,2-4H3,(H,28,29,33);12-13,16-17,24H,4-11,14-15H2,1-3H3,(H,26,27,29);2H,1H2,(H,4,5). The average molecular weight is 1080 g/mol. The Morgan fingerprint density at radius 2 is 1.16 bits per heavy atom. The van der Waals surface area contributed by atoms with Crippen LogP contribution in [-0.4, -0.2) is 129 Å². The van der Waals surface area contributed by atoms with Crippen LogP contribution in [0.5, 0.6) is 0 Å². The number of thiazole rings is 2. The number of nitrogens with zero attached hydrogens (tertiary/aromatic N) is 7. The maximum Gasteiger partial charge on any atom is 0.327 e. The van der Waals surface area contributed by atoms with E-state index in [-0.39, 0.29) is 40.4 Å². The molecule has 73 heavy (non-hydrogen) atoms. The van der Waals surface area contributed by atoms with Gasteiger partial charge in [-0.1, -0.05) is 77.4 Å². The Bertz CT molecular complexity index is 2400. The third-order valence-corrected chi connectivity index (χ3v) is 17.4. The van der Waals surface area contributed by atoms with Crippen molar-refractivity contribution in [1.82, 2.24) is 40.0 Å². The van der Waals surface area contributed by atoms with Gasteiger partial charge in [0.2, 0.25) is 29.5 Å². The van der Waals surface area contributed by atoms with E-state index in [0.717, 1.165) is 142 Å². The van der Waals surface area contributed by atoms with Crippen molar-refractivity contribution in [2.45, 2.75) is 124 Å². The van der Waals surface area contributed by atoms with Gasteiger partial charge in [-0.3, -0.25) is 14.4 Å². The van der Waals surface area contributed by atoms with Crippen LogP contribution in [-0.2, 0) is 41.5 Å². The molecule has 0 aliphatic carbocycles. The molecule has 4 aromatic heterocycles. The number of likely N-dealkylation sites (tertiary alicyclic amines) is 3. The molecule has 2 unspecified atom stereocenters. The molecule has 0 radical (unpaired) electrons. The number of carbonyl (C=O) groups excluding carboxylic acids is 3. The zero-order chi connectivity index (χ0) is 52.5. The molecule has 4 aromatic rings. The van der Waals surface area contributed by atoms with Gasteiger partial charge in [0.05, 0.1) is 44.7 Å². The monoisotopic (exact) mass is 1080 g/mol. The summed E-state index contributed by atoms with van der Waals surface area (Å²) in [5.74, 6) is 5.04. The van der Waals surface area contributed by atoms with Gasteiger partial charge in [-0.15, -0.1) is 23.5 Å². The van der Waals surface area contributed by atoms with Crippen molar-refractivity contribution in [1.29, 1.82) is 0 Å². The molecule has 4 aliphatic rings. The fourth-order valence-corrected chi connectivity index (χ4v) is 12.5. The molecule has 4 N–H and O–H groups in total. The third-order valence-electron chi connectivity index (χ3n) is 13.2. The number of aliphatic carboxylic acids is 1. The van der Waals surface area contributed by atoms with Crippen LogP contribution in [0.1, 0.15) is 116 Å². The number of carbonyl (C=O) groups is 4. The number of carboxylic acid groups (broad SMARTS) is 1. The molecule has 17 nitrogen and oxygen atoms in total. The molecule has 0 bridgehead atoms. The number of anilines is 2. The molecule has 4 aliphatic heterocycles. The second kappa shape index (κ2) is 28.0. The minimum absolute atomic E-state index is 0.00888. The Kier molecular flexibility index (Phi) is 22.2. The van der Waals surface area contributed by atoms with Crippen LogP contribution in [0.4, 0.5) is 10.3 Å². The summed E-state index contributed by atoms with van der Waals surface area (Å²) in [7, 11) is 0. The number of oxazole rings is 2. The fraction of sp³-hybridized carbons (Fsp3) is 0.615. The molecule has 4 fully saturated rings. The van der Waals surface area contributed by atoms with Gasteiger partial charge in [0, 0.05) is 54.9 Å². The number of hydrogen-bond donors (Lipinski definition) is 4. The number of nitrogens with one attached hydrogen (secondary N) is 3. The van der Waals surface area contributed by atoms with E-state index >= 15 is 0 Å². The number of thioether (sulfide) groups is 2. The lowest BCUT2D eigenvalue weighted by molar-refractivity contribution is -0.131. The van der Waals surface area contributed by atoms with Gasteiger partial charge in [0.15, 0.2) is 10.3 Å². The molecule has 2 atom stereocenters. The SMILES string of the molecule is C=CC(=O)N1CCCC(CN2CCC(C(=O)Nc3ncc(SCc4ncc(C(C)(C)C)o4)s3)CC2)C1.C=CC(=O)O.CC(C)(C)c1cnc(CSc2cnc(NC(=O)C3CCN(CC4CCCNC4)CC3)s2)o1. The molecule has 0 saturated carbocycles. The summed E-state index contributed by atoms with van der Waals surface area (Å²) in [6, 6.07) is 0. The molecule has 8 rings (SSSR count). The van der Waals surface area contributed by atoms with Crippen LogP contribution < -0.4 is 16.0 Å². The van der Waals surface area contributed by atoms with E-state index in [1.165, 1.54) is 41.6 Å². The number of piperidine rings is 4. The predicted molar refractivity (Wildman–Crippen MR) is 292 cm³/mol. The third kappa shape index (κ3) is 19.1. The van der Waals surface area contributed by atoms with Crippen molar-refractivity contribution in [2.24, 2.45) is 23.7 Å². The van der Waals surface area contributed by atoms with Gasteiger partial charge in [-0.05, 0) is 109 Å². The lowest BCUT2D eigenvalue weighted by Crippen LogP contribution is -2.45. The minimum Gasteiger partial charge on any atom is -0.478 e. The van der Waals surface area contributed by atoms with E-state index < -0.39 is 5.97 Å². The molecule has 4 saturated heterocycles. The normalized spacial score (nSPS) is 19.5. The summed E-state index contributed by atoms with van der Waals surface area (Å²) in [6.45, 7) is 29.2. The van der Waals surface area contributed by atoms with Crippen LogP contribution >= 0.6 is 46.2 Å². The van der Waals surface area contributed by atoms with Crippen LogP contribution in [0.25, 0.3) is 0 Å². The highest BCUT2D eigenvalue weighted by molar-refractivity contribution is 8.00. The van der Waals surface area contributed by atoms with Gasteiger partial charge in [0.1, 0.15) is 11.5 Å². The molecular weight excluding hydrogens is 1000 g/mol. The van der Waals surface area contributed by atoms with E-state index in [9.17, 15) is 19.2 Å². The van der Waals surface area contributed by atoms with Gasteiger partial charge < -0.3 is 44.6 Å². The van der Waals surface area contributed by atoms with Crippen LogP contribution in [0.15, 0.2) is 67.3 Å². The van der Waals surface area contributed by atoms with Gasteiger partial charge in [-0.2, -0.15) is 0 Å². The summed E-state index contributed by atoms with van der Waals surface area (Å²) in [6.07, 6.45) is 17.8. The van der Waals surface area contributed by atoms with Gasteiger partial charge in [0.25, 0.3) is 0 Å². The summed E-state index contributed by atoms with van der Waals surface area (Å²) in [5, 5.41) is 18.5. The highest BCUT2D eigenvalue weighted by Gasteiger charge is 2.31. The molecule has 8 heterocycles. The van der Waals surface area contributed by atoms with E-state index in [4.69, 9.17) is 13.9 Å². The lowest BCUT2D eigenvalue weighted by atomic mass is 9.93. The molecule has 3 amide bonds. The van der Waals surface area contributed by atoms with Crippen molar-refractivity contribution >= 4 is 80.2 Å². The maximum absolute atomic E-state index is 12.9. The fourth-order valence-electron chi connectivity index (χ4n) is 9.00. The molecule has 400 valence electrons. The predicted octanol–water partition coefficient (Wildman–Crippen LogP) is 9.42. The van der Waals surface area contributed by atoms with Crippen LogP contribution in [0.3, 0.4) is 0 Å². The van der Waals surface area contributed by atoms with Crippen molar-refractivity contribution < 1.29 is 33.1 Å². The first kappa shape index (κ1) is 57.9. The highest BCUT2D eigenvalue weighted by Crippen LogP contribution is 2.34. The number of hydrogen-bond acceptors (Lipinski definition) is 17. The van der Waals surface area contributed by atoms with Crippen molar-refractivity contribution in [3.8, 4) is 0 Å². The molecular formula is C52H76N10O7S4. The Labute approximate surface area is 447 Å². The maximum atomic E-state index is 12.9. The first-order chi connectivity index (χ1) is 34.8. The van der Waals surface area contributed by atoms with Crippen LogP contribution in [0.2, 0.25) is 0 Å². The summed E-state index contributed by atoms with van der Waals surface area (Å²) in [5.41, 5.74) is -0.0992. The Balaban J connectivity index is 0.000000219. The molecule has 21 heteroatoms. The Hall–Kier alpha value is -4.38. The topological polar surface area (TPSA) is 212 Å². The number of carboxylic acids is 1.